The zero-order valence-electron chi connectivity index (χ0n) is 11.8. The van der Waals surface area contributed by atoms with Gasteiger partial charge in [-0.05, 0) is 68.4 Å². The highest BCUT2D eigenvalue weighted by molar-refractivity contribution is 6.04. The minimum atomic E-state index is 0.110. The SMILES string of the molecule is N#CC(=Nc1ccccc1)C12CC3CC(CC(C3)C1)C2. The minimum Gasteiger partial charge on any atom is -0.242 e. The van der Waals surface area contributed by atoms with Gasteiger partial charge in [0.05, 0.1) is 5.69 Å². The lowest BCUT2D eigenvalue weighted by atomic mass is 9.48. The van der Waals surface area contributed by atoms with E-state index in [1.54, 1.807) is 0 Å². The molecule has 1 aromatic rings. The summed E-state index contributed by atoms with van der Waals surface area (Å²) in [4.78, 5) is 4.72. The quantitative estimate of drug-likeness (QED) is 0.724. The van der Waals surface area contributed by atoms with Crippen LogP contribution in [0.4, 0.5) is 5.69 Å². The van der Waals surface area contributed by atoms with E-state index in [-0.39, 0.29) is 5.41 Å². The Bertz CT molecular complexity index is 544. The lowest BCUT2D eigenvalue weighted by Gasteiger charge is -2.56. The Morgan fingerprint density at radius 1 is 1.00 bits per heavy atom. The second-order valence-electron chi connectivity index (χ2n) is 7.11. The number of aliphatic imine (C=N–C) groups is 1. The van der Waals surface area contributed by atoms with Crippen molar-refractivity contribution in [3.8, 4) is 6.07 Å². The van der Waals surface area contributed by atoms with Crippen molar-refractivity contribution in [3.05, 3.63) is 30.3 Å². The fourth-order valence-electron chi connectivity index (χ4n) is 5.29. The Kier molecular flexibility index (Phi) is 2.70. The van der Waals surface area contributed by atoms with E-state index in [0.29, 0.717) is 0 Å². The molecule has 0 amide bonds. The number of hydrogen-bond donors (Lipinski definition) is 0. The maximum Gasteiger partial charge on any atom is 0.124 e. The van der Waals surface area contributed by atoms with Gasteiger partial charge in [0.1, 0.15) is 11.8 Å². The fourth-order valence-corrected chi connectivity index (χ4v) is 5.29. The predicted molar refractivity (Wildman–Crippen MR) is 79.8 cm³/mol. The van der Waals surface area contributed by atoms with Crippen molar-refractivity contribution >= 4 is 11.4 Å². The molecule has 0 spiro atoms. The van der Waals surface area contributed by atoms with E-state index in [9.17, 15) is 5.26 Å². The summed E-state index contributed by atoms with van der Waals surface area (Å²) in [5.41, 5.74) is 1.85. The number of para-hydroxylation sites is 1. The predicted octanol–water partition coefficient (Wildman–Crippen LogP) is 4.50. The molecule has 4 aliphatic rings. The molecule has 5 rings (SSSR count). The summed E-state index contributed by atoms with van der Waals surface area (Å²) >= 11 is 0. The summed E-state index contributed by atoms with van der Waals surface area (Å²) in [6.45, 7) is 0. The standard InChI is InChI=1S/C18H20N2/c19-12-17(20-16-4-2-1-3-5-16)18-9-13-6-14(10-18)8-15(7-13)11-18/h1-5,13-15H,6-11H2. The van der Waals surface area contributed by atoms with Crippen LogP contribution in [0.2, 0.25) is 0 Å². The number of nitrogens with zero attached hydrogens (tertiary/aromatic N) is 2. The summed E-state index contributed by atoms with van der Waals surface area (Å²) < 4.78 is 0. The van der Waals surface area contributed by atoms with Gasteiger partial charge in [0.25, 0.3) is 0 Å². The van der Waals surface area contributed by atoms with Gasteiger partial charge in [0.15, 0.2) is 0 Å². The second-order valence-corrected chi connectivity index (χ2v) is 7.11. The molecule has 102 valence electrons. The fraction of sp³-hybridized carbons (Fsp3) is 0.556. The minimum absolute atomic E-state index is 0.110. The Morgan fingerprint density at radius 3 is 2.05 bits per heavy atom. The third kappa shape index (κ3) is 1.88. The van der Waals surface area contributed by atoms with Crippen LogP contribution in [-0.2, 0) is 0 Å². The topological polar surface area (TPSA) is 36.1 Å². The third-order valence-electron chi connectivity index (χ3n) is 5.64. The first-order valence-electron chi connectivity index (χ1n) is 7.82. The molecule has 0 radical (unpaired) electrons. The molecule has 0 N–H and O–H groups in total. The monoisotopic (exact) mass is 264 g/mol. The molecule has 20 heavy (non-hydrogen) atoms. The van der Waals surface area contributed by atoms with E-state index in [4.69, 9.17) is 4.99 Å². The molecule has 4 bridgehead atoms. The molecule has 0 heterocycles. The van der Waals surface area contributed by atoms with Crippen LogP contribution in [-0.4, -0.2) is 5.71 Å². The first-order chi connectivity index (χ1) is 9.77. The van der Waals surface area contributed by atoms with E-state index in [2.05, 4.69) is 6.07 Å². The van der Waals surface area contributed by atoms with Gasteiger partial charge in [-0.2, -0.15) is 5.26 Å². The molecule has 1 aromatic carbocycles. The Hall–Kier alpha value is -1.62. The van der Waals surface area contributed by atoms with Crippen LogP contribution in [0.15, 0.2) is 35.3 Å². The van der Waals surface area contributed by atoms with Crippen molar-refractivity contribution in [1.29, 1.82) is 5.26 Å². The maximum absolute atomic E-state index is 9.67. The van der Waals surface area contributed by atoms with Gasteiger partial charge in [-0.25, -0.2) is 4.99 Å². The highest BCUT2D eigenvalue weighted by Gasteiger charge is 2.53. The highest BCUT2D eigenvalue weighted by Crippen LogP contribution is 2.60. The van der Waals surface area contributed by atoms with Crippen LogP contribution in [0.1, 0.15) is 38.5 Å². The van der Waals surface area contributed by atoms with Crippen LogP contribution in [0.25, 0.3) is 0 Å². The van der Waals surface area contributed by atoms with Crippen molar-refractivity contribution in [2.45, 2.75) is 38.5 Å². The lowest BCUT2D eigenvalue weighted by Crippen LogP contribution is -2.49. The number of benzene rings is 1. The van der Waals surface area contributed by atoms with Crippen LogP contribution in [0.3, 0.4) is 0 Å². The smallest absolute Gasteiger partial charge is 0.124 e. The molecular formula is C18H20N2. The second kappa shape index (κ2) is 4.45. The third-order valence-corrected chi connectivity index (χ3v) is 5.64. The van der Waals surface area contributed by atoms with Gasteiger partial charge in [0, 0.05) is 5.41 Å². The van der Waals surface area contributed by atoms with Crippen LogP contribution in [0, 0.1) is 34.5 Å². The van der Waals surface area contributed by atoms with Crippen LogP contribution in [0.5, 0.6) is 0 Å². The first kappa shape index (κ1) is 12.1. The average Bonchev–Trinajstić information content (AvgIpc) is 2.44. The van der Waals surface area contributed by atoms with E-state index in [1.807, 2.05) is 30.3 Å². The normalized spacial score (nSPS) is 38.8. The molecule has 0 atom stereocenters. The summed E-state index contributed by atoms with van der Waals surface area (Å²) in [6, 6.07) is 12.4. The summed E-state index contributed by atoms with van der Waals surface area (Å²) in [5, 5.41) is 9.67. The zero-order chi connectivity index (χ0) is 13.6. The first-order valence-corrected chi connectivity index (χ1v) is 7.82. The number of rotatable bonds is 2. The summed E-state index contributed by atoms with van der Waals surface area (Å²) in [5.74, 6) is 2.57. The van der Waals surface area contributed by atoms with Crippen LogP contribution < -0.4 is 0 Å². The van der Waals surface area contributed by atoms with Gasteiger partial charge in [-0.3, -0.25) is 0 Å². The Labute approximate surface area is 120 Å². The molecule has 0 unspecified atom stereocenters. The number of hydrogen-bond acceptors (Lipinski definition) is 2. The molecular weight excluding hydrogens is 244 g/mol. The van der Waals surface area contributed by atoms with Gasteiger partial charge in [-0.1, -0.05) is 18.2 Å². The Balaban J connectivity index is 1.71. The average molecular weight is 264 g/mol. The molecule has 2 heteroatoms. The van der Waals surface area contributed by atoms with E-state index in [1.165, 1.54) is 38.5 Å². The Morgan fingerprint density at radius 2 is 1.55 bits per heavy atom. The van der Waals surface area contributed by atoms with Crippen molar-refractivity contribution < 1.29 is 0 Å². The highest BCUT2D eigenvalue weighted by atomic mass is 14.8. The molecule has 0 aromatic heterocycles. The molecule has 4 saturated carbocycles. The van der Waals surface area contributed by atoms with E-state index < -0.39 is 0 Å². The molecule has 4 aliphatic carbocycles. The van der Waals surface area contributed by atoms with Crippen molar-refractivity contribution in [2.24, 2.45) is 28.2 Å². The van der Waals surface area contributed by atoms with E-state index >= 15 is 0 Å². The molecule has 4 fully saturated rings. The number of nitriles is 1. The van der Waals surface area contributed by atoms with Gasteiger partial charge in [-0.15, -0.1) is 0 Å². The zero-order valence-corrected chi connectivity index (χ0v) is 11.8. The summed E-state index contributed by atoms with van der Waals surface area (Å²) in [7, 11) is 0. The van der Waals surface area contributed by atoms with Crippen molar-refractivity contribution in [1.82, 2.24) is 0 Å². The molecule has 0 aliphatic heterocycles. The van der Waals surface area contributed by atoms with Crippen LogP contribution >= 0.6 is 0 Å². The van der Waals surface area contributed by atoms with Crippen molar-refractivity contribution in [3.63, 3.8) is 0 Å². The van der Waals surface area contributed by atoms with Crippen molar-refractivity contribution in [2.75, 3.05) is 0 Å². The van der Waals surface area contributed by atoms with E-state index in [0.717, 1.165) is 29.2 Å². The van der Waals surface area contributed by atoms with Gasteiger partial charge >= 0.3 is 0 Å². The molecule has 0 saturated heterocycles. The largest absolute Gasteiger partial charge is 0.242 e. The van der Waals surface area contributed by atoms with Gasteiger partial charge in [0.2, 0.25) is 0 Å². The molecule has 2 nitrogen and oxygen atoms in total. The maximum atomic E-state index is 9.67. The lowest BCUT2D eigenvalue weighted by molar-refractivity contribution is -0.0115. The van der Waals surface area contributed by atoms with Gasteiger partial charge < -0.3 is 0 Å². The summed E-state index contributed by atoms with van der Waals surface area (Å²) in [6.07, 6.45) is 7.84.